The molecular weight excluding hydrogens is 228 g/mol. The fourth-order valence-corrected chi connectivity index (χ4v) is 3.23. The third kappa shape index (κ3) is 3.16. The van der Waals surface area contributed by atoms with E-state index in [1.54, 1.807) is 14.0 Å². The summed E-state index contributed by atoms with van der Waals surface area (Å²) in [5.41, 5.74) is 0. The van der Waals surface area contributed by atoms with Gasteiger partial charge in [0.2, 0.25) is 10.0 Å². The maximum absolute atomic E-state index is 12.2. The van der Waals surface area contributed by atoms with Gasteiger partial charge in [0.15, 0.2) is 0 Å². The predicted octanol–water partition coefficient (Wildman–Crippen LogP) is 0.0349. The molecule has 1 aliphatic rings. The summed E-state index contributed by atoms with van der Waals surface area (Å²) in [5.74, 6) is 0. The van der Waals surface area contributed by atoms with E-state index in [-0.39, 0.29) is 6.04 Å². The summed E-state index contributed by atoms with van der Waals surface area (Å²) in [7, 11) is -1.55. The molecule has 1 rings (SSSR count). The number of rotatable bonds is 6. The van der Waals surface area contributed by atoms with E-state index in [0.29, 0.717) is 19.8 Å². The van der Waals surface area contributed by atoms with Crippen LogP contribution < -0.4 is 5.32 Å². The highest BCUT2D eigenvalue weighted by Crippen LogP contribution is 2.17. The lowest BCUT2D eigenvalue weighted by Gasteiger charge is -2.26. The zero-order valence-corrected chi connectivity index (χ0v) is 11.1. The van der Waals surface area contributed by atoms with Crippen molar-refractivity contribution in [2.24, 2.45) is 0 Å². The second-order valence-corrected chi connectivity index (χ2v) is 6.61. The monoisotopic (exact) mass is 250 g/mol. The first-order valence-electron chi connectivity index (χ1n) is 5.75. The van der Waals surface area contributed by atoms with Gasteiger partial charge < -0.3 is 10.1 Å². The molecule has 0 amide bonds. The highest BCUT2D eigenvalue weighted by atomic mass is 32.2. The topological polar surface area (TPSA) is 58.6 Å². The average molecular weight is 250 g/mol. The molecule has 5 nitrogen and oxygen atoms in total. The van der Waals surface area contributed by atoms with Gasteiger partial charge in [-0.05, 0) is 19.9 Å². The minimum atomic E-state index is -3.20. The van der Waals surface area contributed by atoms with Crippen molar-refractivity contribution in [3.05, 3.63) is 0 Å². The van der Waals surface area contributed by atoms with Gasteiger partial charge in [0.25, 0.3) is 0 Å². The van der Waals surface area contributed by atoms with Crippen LogP contribution in [0.5, 0.6) is 0 Å². The molecule has 16 heavy (non-hydrogen) atoms. The molecule has 0 bridgehead atoms. The van der Waals surface area contributed by atoms with Gasteiger partial charge >= 0.3 is 0 Å². The SMILES string of the molecule is CCNCC(C)S(=O)(=O)N(C)C1CCOC1. The van der Waals surface area contributed by atoms with Crippen molar-refractivity contribution in [1.29, 1.82) is 0 Å². The Morgan fingerprint density at radius 1 is 1.56 bits per heavy atom. The molecule has 0 aromatic carbocycles. The van der Waals surface area contributed by atoms with Gasteiger partial charge in [0.05, 0.1) is 17.9 Å². The molecule has 1 saturated heterocycles. The third-order valence-corrected chi connectivity index (χ3v) is 5.30. The van der Waals surface area contributed by atoms with Crippen LogP contribution in [0.4, 0.5) is 0 Å². The Balaban J connectivity index is 2.60. The molecule has 2 atom stereocenters. The van der Waals surface area contributed by atoms with E-state index in [1.165, 1.54) is 4.31 Å². The number of likely N-dealkylation sites (N-methyl/N-ethyl adjacent to an activating group) is 1. The van der Waals surface area contributed by atoms with E-state index >= 15 is 0 Å². The summed E-state index contributed by atoms with van der Waals surface area (Å²) >= 11 is 0. The Hall–Kier alpha value is -0.170. The van der Waals surface area contributed by atoms with Gasteiger partial charge in [-0.15, -0.1) is 0 Å². The van der Waals surface area contributed by atoms with Crippen molar-refractivity contribution in [2.75, 3.05) is 33.4 Å². The summed E-state index contributed by atoms with van der Waals surface area (Å²) in [6.07, 6.45) is 0.795. The molecular formula is C10H22N2O3S. The largest absolute Gasteiger partial charge is 0.380 e. The Kier molecular flexibility index (Phi) is 5.17. The minimum Gasteiger partial charge on any atom is -0.380 e. The minimum absolute atomic E-state index is 0.00840. The molecule has 0 spiro atoms. The van der Waals surface area contributed by atoms with Gasteiger partial charge in [-0.1, -0.05) is 6.92 Å². The van der Waals surface area contributed by atoms with E-state index in [4.69, 9.17) is 4.74 Å². The van der Waals surface area contributed by atoms with Crippen LogP contribution in [0.3, 0.4) is 0 Å². The maximum Gasteiger partial charge on any atom is 0.218 e. The number of sulfonamides is 1. The molecule has 1 N–H and O–H groups in total. The molecule has 0 aliphatic carbocycles. The van der Waals surface area contributed by atoms with E-state index < -0.39 is 15.3 Å². The van der Waals surface area contributed by atoms with Crippen molar-refractivity contribution in [3.8, 4) is 0 Å². The van der Waals surface area contributed by atoms with Gasteiger partial charge in [0, 0.05) is 20.2 Å². The van der Waals surface area contributed by atoms with E-state index in [0.717, 1.165) is 13.0 Å². The van der Waals surface area contributed by atoms with Crippen molar-refractivity contribution in [2.45, 2.75) is 31.6 Å². The third-order valence-electron chi connectivity index (χ3n) is 3.01. The summed E-state index contributed by atoms with van der Waals surface area (Å²) in [5, 5.41) is 2.67. The fraction of sp³-hybridized carbons (Fsp3) is 1.00. The summed E-state index contributed by atoms with van der Waals surface area (Å²) in [6, 6.07) is 0.00840. The highest BCUT2D eigenvalue weighted by molar-refractivity contribution is 7.89. The van der Waals surface area contributed by atoms with Crippen LogP contribution in [0.1, 0.15) is 20.3 Å². The van der Waals surface area contributed by atoms with Crippen molar-refractivity contribution in [1.82, 2.24) is 9.62 Å². The predicted molar refractivity (Wildman–Crippen MR) is 63.9 cm³/mol. The smallest absolute Gasteiger partial charge is 0.218 e. The molecule has 0 aromatic rings. The van der Waals surface area contributed by atoms with Gasteiger partial charge in [-0.3, -0.25) is 0 Å². The standard InChI is InChI=1S/C10H22N2O3S/c1-4-11-7-9(2)16(13,14)12(3)10-5-6-15-8-10/h9-11H,4-8H2,1-3H3. The van der Waals surface area contributed by atoms with Gasteiger partial charge in [0.1, 0.15) is 0 Å². The van der Waals surface area contributed by atoms with Crippen molar-refractivity contribution in [3.63, 3.8) is 0 Å². The van der Waals surface area contributed by atoms with Crippen LogP contribution in [-0.2, 0) is 14.8 Å². The summed E-state index contributed by atoms with van der Waals surface area (Å²) in [4.78, 5) is 0. The number of hydrogen-bond donors (Lipinski definition) is 1. The van der Waals surface area contributed by atoms with E-state index in [2.05, 4.69) is 5.32 Å². The molecule has 0 radical (unpaired) electrons. The molecule has 1 aliphatic heterocycles. The second kappa shape index (κ2) is 5.95. The van der Waals surface area contributed by atoms with Gasteiger partial charge in [-0.2, -0.15) is 4.31 Å². The van der Waals surface area contributed by atoms with Crippen LogP contribution in [-0.4, -0.2) is 57.4 Å². The number of hydrogen-bond acceptors (Lipinski definition) is 4. The molecule has 0 saturated carbocycles. The quantitative estimate of drug-likeness (QED) is 0.723. The Labute approximate surface area is 98.2 Å². The fourth-order valence-electron chi connectivity index (χ4n) is 1.75. The average Bonchev–Trinajstić information content (AvgIpc) is 2.77. The number of ether oxygens (including phenoxy) is 1. The van der Waals surface area contributed by atoms with E-state index in [1.807, 2.05) is 6.92 Å². The zero-order chi connectivity index (χ0) is 12.2. The highest BCUT2D eigenvalue weighted by Gasteiger charge is 2.32. The van der Waals surface area contributed by atoms with Crippen LogP contribution in [0, 0.1) is 0 Å². The lowest BCUT2D eigenvalue weighted by Crippen LogP contribution is -2.45. The lowest BCUT2D eigenvalue weighted by molar-refractivity contribution is 0.180. The molecule has 2 unspecified atom stereocenters. The van der Waals surface area contributed by atoms with Crippen molar-refractivity contribution >= 4 is 10.0 Å². The van der Waals surface area contributed by atoms with Crippen LogP contribution >= 0.6 is 0 Å². The normalized spacial score (nSPS) is 23.9. The first-order valence-corrected chi connectivity index (χ1v) is 7.25. The molecule has 6 heteroatoms. The first kappa shape index (κ1) is 13.9. The number of nitrogens with one attached hydrogen (secondary N) is 1. The zero-order valence-electron chi connectivity index (χ0n) is 10.3. The second-order valence-electron chi connectivity index (χ2n) is 4.20. The lowest BCUT2D eigenvalue weighted by atomic mass is 10.3. The van der Waals surface area contributed by atoms with Crippen LogP contribution in [0.15, 0.2) is 0 Å². The van der Waals surface area contributed by atoms with E-state index in [9.17, 15) is 8.42 Å². The summed E-state index contributed by atoms with van der Waals surface area (Å²) in [6.45, 7) is 6.17. The van der Waals surface area contributed by atoms with Crippen LogP contribution in [0.25, 0.3) is 0 Å². The Morgan fingerprint density at radius 3 is 2.75 bits per heavy atom. The van der Waals surface area contributed by atoms with Gasteiger partial charge in [-0.25, -0.2) is 8.42 Å². The Morgan fingerprint density at radius 2 is 2.25 bits per heavy atom. The van der Waals surface area contributed by atoms with Crippen LogP contribution in [0.2, 0.25) is 0 Å². The molecule has 1 fully saturated rings. The summed E-state index contributed by atoms with van der Waals surface area (Å²) < 4.78 is 31.0. The maximum atomic E-state index is 12.2. The van der Waals surface area contributed by atoms with Crippen molar-refractivity contribution < 1.29 is 13.2 Å². The molecule has 0 aromatic heterocycles. The first-order chi connectivity index (χ1) is 7.50. The molecule has 96 valence electrons. The Bertz CT molecular complexity index is 299. The number of nitrogens with zero attached hydrogens (tertiary/aromatic N) is 1. The molecule has 1 heterocycles.